The molecule has 0 radical (unpaired) electrons. The average molecular weight is 307 g/mol. The maximum absolute atomic E-state index is 5.30. The van der Waals surface area contributed by atoms with E-state index in [1.165, 1.54) is 0 Å². The van der Waals surface area contributed by atoms with Gasteiger partial charge in [-0.3, -0.25) is 0 Å². The van der Waals surface area contributed by atoms with E-state index >= 15 is 0 Å². The Morgan fingerprint density at radius 3 is 2.19 bits per heavy atom. The zero-order valence-electron chi connectivity index (χ0n) is 13.1. The smallest absolute Gasteiger partial charge is 0.208 e. The molecule has 0 bridgehead atoms. The first-order valence-electron chi connectivity index (χ1n) is 6.80. The average Bonchev–Trinajstić information content (AvgIpc) is 2.97. The largest absolute Gasteiger partial charge is 0.497 e. The molecule has 0 saturated carbocycles. The van der Waals surface area contributed by atoms with Crippen molar-refractivity contribution in [1.29, 1.82) is 0 Å². The summed E-state index contributed by atoms with van der Waals surface area (Å²) in [6, 6.07) is 5.87. The summed E-state index contributed by atoms with van der Waals surface area (Å²) in [5.74, 6) is 1.98. The Balaban J connectivity index is 2.16. The van der Waals surface area contributed by atoms with E-state index in [0.29, 0.717) is 5.92 Å². The first kappa shape index (κ1) is 15.6. The van der Waals surface area contributed by atoms with Crippen molar-refractivity contribution < 1.29 is 9.47 Å². The normalized spacial score (nSPS) is 10.8. The number of ether oxygens (including phenoxy) is 2. The molecule has 0 fully saturated rings. The van der Waals surface area contributed by atoms with E-state index in [-0.39, 0.29) is 0 Å². The molecule has 0 aliphatic carbocycles. The molecular weight excluding hydrogens is 286 g/mol. The summed E-state index contributed by atoms with van der Waals surface area (Å²) in [6.07, 6.45) is 0. The van der Waals surface area contributed by atoms with E-state index in [0.717, 1.165) is 33.7 Å². The molecule has 1 aromatic carbocycles. The molecule has 0 spiro atoms. The Labute approximate surface area is 129 Å². The van der Waals surface area contributed by atoms with Crippen molar-refractivity contribution >= 4 is 16.5 Å². The van der Waals surface area contributed by atoms with Gasteiger partial charge in [-0.2, -0.15) is 0 Å². The quantitative estimate of drug-likeness (QED) is 0.819. The molecule has 0 N–H and O–H groups in total. The molecule has 114 valence electrons. The molecule has 0 aliphatic rings. The Hall–Kier alpha value is -1.82. The van der Waals surface area contributed by atoms with Gasteiger partial charge in [0.05, 0.1) is 14.2 Å². The molecule has 0 aliphatic heterocycles. The van der Waals surface area contributed by atoms with Gasteiger partial charge in [0.1, 0.15) is 16.5 Å². The number of nitrogens with zero attached hydrogens (tertiary/aromatic N) is 3. The van der Waals surface area contributed by atoms with Crippen LogP contribution in [0.15, 0.2) is 18.2 Å². The van der Waals surface area contributed by atoms with E-state index in [1.54, 1.807) is 25.6 Å². The lowest BCUT2D eigenvalue weighted by molar-refractivity contribution is 0.393. The van der Waals surface area contributed by atoms with Crippen LogP contribution >= 0.6 is 11.3 Å². The number of methoxy groups -OCH3 is 2. The topological polar surface area (TPSA) is 47.5 Å². The lowest BCUT2D eigenvalue weighted by Crippen LogP contribution is -2.16. The Morgan fingerprint density at radius 2 is 1.71 bits per heavy atom. The number of hydrogen-bond donors (Lipinski definition) is 0. The predicted molar refractivity (Wildman–Crippen MR) is 85.7 cm³/mol. The monoisotopic (exact) mass is 307 g/mol. The second-order valence-electron chi connectivity index (χ2n) is 5.15. The van der Waals surface area contributed by atoms with E-state index in [4.69, 9.17) is 9.47 Å². The second-order valence-corrected chi connectivity index (χ2v) is 6.14. The Bertz CT molecular complexity index is 576. The summed E-state index contributed by atoms with van der Waals surface area (Å²) in [5, 5.41) is 10.4. The molecule has 6 heteroatoms. The minimum atomic E-state index is 0.404. The highest BCUT2D eigenvalue weighted by atomic mass is 32.1. The van der Waals surface area contributed by atoms with E-state index in [2.05, 4.69) is 28.9 Å². The third-order valence-corrected chi connectivity index (χ3v) is 4.42. The fourth-order valence-electron chi connectivity index (χ4n) is 1.91. The van der Waals surface area contributed by atoms with Gasteiger partial charge in [0.25, 0.3) is 0 Å². The Morgan fingerprint density at radius 1 is 1.10 bits per heavy atom. The number of benzene rings is 1. The summed E-state index contributed by atoms with van der Waals surface area (Å²) < 4.78 is 10.6. The molecule has 0 saturated heterocycles. The maximum atomic E-state index is 5.30. The zero-order chi connectivity index (χ0) is 15.4. The van der Waals surface area contributed by atoms with Gasteiger partial charge >= 0.3 is 0 Å². The summed E-state index contributed by atoms with van der Waals surface area (Å²) >= 11 is 1.63. The molecule has 0 amide bonds. The molecule has 1 aromatic heterocycles. The molecule has 0 unspecified atom stereocenters. The minimum absolute atomic E-state index is 0.404. The number of rotatable bonds is 6. The third kappa shape index (κ3) is 3.85. The van der Waals surface area contributed by atoms with Crippen molar-refractivity contribution in [2.75, 3.05) is 26.2 Å². The lowest BCUT2D eigenvalue weighted by atomic mass is 10.2. The van der Waals surface area contributed by atoms with Gasteiger partial charge in [-0.05, 0) is 17.7 Å². The van der Waals surface area contributed by atoms with Crippen molar-refractivity contribution in [3.8, 4) is 11.5 Å². The molecule has 0 atom stereocenters. The molecule has 2 aromatic rings. The minimum Gasteiger partial charge on any atom is -0.497 e. The predicted octanol–water partition coefficient (Wildman–Crippen LogP) is 3.32. The highest BCUT2D eigenvalue weighted by Gasteiger charge is 2.12. The zero-order valence-corrected chi connectivity index (χ0v) is 13.9. The molecule has 21 heavy (non-hydrogen) atoms. The molecular formula is C15H21N3O2S. The second kappa shape index (κ2) is 6.76. The van der Waals surface area contributed by atoms with E-state index in [9.17, 15) is 0 Å². The van der Waals surface area contributed by atoms with Crippen LogP contribution in [0.1, 0.15) is 30.3 Å². The van der Waals surface area contributed by atoms with Gasteiger partial charge in [-0.25, -0.2) is 0 Å². The molecule has 1 heterocycles. The fourth-order valence-corrected chi connectivity index (χ4v) is 2.72. The summed E-state index contributed by atoms with van der Waals surface area (Å²) in [4.78, 5) is 2.08. The van der Waals surface area contributed by atoms with Gasteiger partial charge in [-0.15, -0.1) is 10.2 Å². The van der Waals surface area contributed by atoms with Gasteiger partial charge < -0.3 is 14.4 Å². The highest BCUT2D eigenvalue weighted by molar-refractivity contribution is 7.15. The van der Waals surface area contributed by atoms with Crippen LogP contribution < -0.4 is 14.4 Å². The van der Waals surface area contributed by atoms with Crippen LogP contribution in [0.4, 0.5) is 5.13 Å². The highest BCUT2D eigenvalue weighted by Crippen LogP contribution is 2.28. The van der Waals surface area contributed by atoms with E-state index in [1.807, 2.05) is 25.2 Å². The summed E-state index contributed by atoms with van der Waals surface area (Å²) in [6.45, 7) is 4.97. The van der Waals surface area contributed by atoms with E-state index < -0.39 is 0 Å². The van der Waals surface area contributed by atoms with Crippen molar-refractivity contribution in [2.24, 2.45) is 0 Å². The Kier molecular flexibility index (Phi) is 5.01. The SMILES string of the molecule is COc1cc(CN(C)c2nnc(C(C)C)s2)cc(OC)c1. The van der Waals surface area contributed by atoms with Crippen LogP contribution in [0.2, 0.25) is 0 Å². The fraction of sp³-hybridized carbons (Fsp3) is 0.467. The molecule has 2 rings (SSSR count). The lowest BCUT2D eigenvalue weighted by Gasteiger charge is -2.16. The summed E-state index contributed by atoms with van der Waals surface area (Å²) in [5.41, 5.74) is 1.11. The van der Waals surface area contributed by atoms with Crippen molar-refractivity contribution in [1.82, 2.24) is 10.2 Å². The van der Waals surface area contributed by atoms with Crippen molar-refractivity contribution in [2.45, 2.75) is 26.3 Å². The third-order valence-electron chi connectivity index (χ3n) is 3.08. The first-order valence-corrected chi connectivity index (χ1v) is 7.61. The summed E-state index contributed by atoms with van der Waals surface area (Å²) in [7, 11) is 5.32. The van der Waals surface area contributed by atoms with Gasteiger partial charge in [0.2, 0.25) is 5.13 Å². The first-order chi connectivity index (χ1) is 10.0. The van der Waals surface area contributed by atoms with Gasteiger partial charge in [0, 0.05) is 25.6 Å². The van der Waals surface area contributed by atoms with Crippen LogP contribution in [-0.2, 0) is 6.54 Å². The van der Waals surface area contributed by atoms with Crippen molar-refractivity contribution in [3.63, 3.8) is 0 Å². The van der Waals surface area contributed by atoms with Crippen LogP contribution in [0.3, 0.4) is 0 Å². The van der Waals surface area contributed by atoms with Crippen LogP contribution in [0.5, 0.6) is 11.5 Å². The van der Waals surface area contributed by atoms with Crippen molar-refractivity contribution in [3.05, 3.63) is 28.8 Å². The van der Waals surface area contributed by atoms with Crippen LogP contribution in [0.25, 0.3) is 0 Å². The van der Waals surface area contributed by atoms with Crippen LogP contribution in [0, 0.1) is 0 Å². The number of anilines is 1. The standard InChI is InChI=1S/C15H21N3O2S/c1-10(2)14-16-17-15(21-14)18(3)9-11-6-12(19-4)8-13(7-11)20-5/h6-8,10H,9H2,1-5H3. The number of hydrogen-bond acceptors (Lipinski definition) is 6. The van der Waals surface area contributed by atoms with Gasteiger partial charge in [0.15, 0.2) is 0 Å². The van der Waals surface area contributed by atoms with Crippen LogP contribution in [-0.4, -0.2) is 31.5 Å². The van der Waals surface area contributed by atoms with Gasteiger partial charge in [-0.1, -0.05) is 25.2 Å². The molecule has 5 nitrogen and oxygen atoms in total. The number of aromatic nitrogens is 2. The maximum Gasteiger partial charge on any atom is 0.208 e.